The summed E-state index contributed by atoms with van der Waals surface area (Å²) in [5, 5.41) is 20.4. The summed E-state index contributed by atoms with van der Waals surface area (Å²) in [6.45, 7) is 0.275. The molecule has 12 heteroatoms. The third kappa shape index (κ3) is 4.28. The van der Waals surface area contributed by atoms with Gasteiger partial charge in [0.05, 0.1) is 18.0 Å². The van der Waals surface area contributed by atoms with Gasteiger partial charge in [0.25, 0.3) is 11.8 Å². The number of aliphatic hydroxyl groups is 1. The molecular weight excluding hydrogens is 438 g/mol. The second-order valence-corrected chi connectivity index (χ2v) is 9.13. The lowest BCUT2D eigenvalue weighted by atomic mass is 10.1. The Morgan fingerprint density at radius 1 is 1.28 bits per heavy atom. The zero-order valence-electron chi connectivity index (χ0n) is 16.7. The van der Waals surface area contributed by atoms with E-state index in [1.807, 2.05) is 0 Å². The van der Waals surface area contributed by atoms with Crippen LogP contribution in [0, 0.1) is 5.41 Å². The molecule has 2 aromatic rings. The fourth-order valence-corrected chi connectivity index (χ4v) is 4.81. The predicted octanol–water partition coefficient (Wildman–Crippen LogP) is -0.0426. The third-order valence-corrected chi connectivity index (χ3v) is 6.37. The lowest BCUT2D eigenvalue weighted by Crippen LogP contribution is -2.55. The van der Waals surface area contributed by atoms with Gasteiger partial charge in [0.15, 0.2) is 12.2 Å². The third-order valence-electron chi connectivity index (χ3n) is 5.15. The molecule has 2 amide bonds. The maximum Gasteiger partial charge on any atom is 0.259 e. The molecular formula is C20H21N5O6S. The van der Waals surface area contributed by atoms with Crippen molar-refractivity contribution in [1.29, 1.82) is 5.41 Å². The minimum Gasteiger partial charge on any atom is -0.384 e. The summed E-state index contributed by atoms with van der Waals surface area (Å²) in [4.78, 5) is 26.8. The molecule has 1 fully saturated rings. The van der Waals surface area contributed by atoms with Crippen LogP contribution in [0.1, 0.15) is 11.1 Å². The number of rotatable bonds is 5. The van der Waals surface area contributed by atoms with Crippen LogP contribution in [0.3, 0.4) is 0 Å². The molecule has 32 heavy (non-hydrogen) atoms. The van der Waals surface area contributed by atoms with Gasteiger partial charge in [0.1, 0.15) is 5.84 Å². The van der Waals surface area contributed by atoms with Crippen molar-refractivity contribution in [1.82, 2.24) is 0 Å². The number of carbonyl (C=O) groups excluding carboxylic acids is 2. The molecule has 2 atom stereocenters. The molecule has 1 saturated heterocycles. The quantitative estimate of drug-likeness (QED) is 0.308. The maximum absolute atomic E-state index is 13.0. The molecule has 2 aliphatic heterocycles. The van der Waals surface area contributed by atoms with Crippen LogP contribution in [0.2, 0.25) is 0 Å². The van der Waals surface area contributed by atoms with Crippen LogP contribution in [0.15, 0.2) is 42.5 Å². The van der Waals surface area contributed by atoms with Gasteiger partial charge in [-0.05, 0) is 48.0 Å². The molecule has 0 spiro atoms. The number of hydrogen-bond donors (Lipinski definition) is 5. The molecule has 0 bridgehead atoms. The van der Waals surface area contributed by atoms with Crippen LogP contribution in [-0.4, -0.2) is 56.5 Å². The molecule has 168 valence electrons. The molecule has 4 rings (SSSR count). The van der Waals surface area contributed by atoms with Gasteiger partial charge in [-0.15, -0.1) is 0 Å². The van der Waals surface area contributed by atoms with E-state index in [9.17, 15) is 23.1 Å². The number of nitrogens with two attached hydrogens (primary N) is 1. The Hall–Kier alpha value is -3.48. The van der Waals surface area contributed by atoms with Gasteiger partial charge in [-0.3, -0.25) is 19.7 Å². The van der Waals surface area contributed by atoms with Crippen molar-refractivity contribution in [3.63, 3.8) is 0 Å². The van der Waals surface area contributed by atoms with Gasteiger partial charge in [0, 0.05) is 23.5 Å². The largest absolute Gasteiger partial charge is 0.384 e. The fraction of sp³-hybridized carbons (Fsp3) is 0.250. The minimum absolute atomic E-state index is 0.0850. The van der Waals surface area contributed by atoms with Gasteiger partial charge in [0.2, 0.25) is 10.0 Å². The summed E-state index contributed by atoms with van der Waals surface area (Å²) in [6.07, 6.45) is -3.19. The number of benzene rings is 2. The van der Waals surface area contributed by atoms with Crippen molar-refractivity contribution in [2.24, 2.45) is 5.73 Å². The summed E-state index contributed by atoms with van der Waals surface area (Å²) in [5.74, 6) is -1.75. The second kappa shape index (κ2) is 8.22. The monoisotopic (exact) mass is 459 g/mol. The second-order valence-electron chi connectivity index (χ2n) is 7.41. The van der Waals surface area contributed by atoms with Crippen molar-refractivity contribution in [3.8, 4) is 0 Å². The first-order chi connectivity index (χ1) is 15.1. The topological polar surface area (TPSA) is 175 Å². The number of nitrogen functional groups attached to an aromatic ring is 1. The van der Waals surface area contributed by atoms with E-state index >= 15 is 0 Å². The SMILES string of the molecule is N=C(N)c1ccc(NC(=O)[C@H](O)C2OCCN(c3ccc4c(c3)CS(=O)(=O)N4)C2=O)cc1. The normalized spacial score (nSPS) is 20.2. The van der Waals surface area contributed by atoms with E-state index < -0.39 is 34.0 Å². The van der Waals surface area contributed by atoms with E-state index in [1.165, 1.54) is 29.2 Å². The lowest BCUT2D eigenvalue weighted by molar-refractivity contribution is -0.150. The van der Waals surface area contributed by atoms with Crippen LogP contribution in [-0.2, 0) is 30.1 Å². The number of amides is 2. The highest BCUT2D eigenvalue weighted by molar-refractivity contribution is 7.92. The van der Waals surface area contributed by atoms with Gasteiger partial charge < -0.3 is 25.8 Å². The molecule has 0 aliphatic carbocycles. The Morgan fingerprint density at radius 3 is 2.69 bits per heavy atom. The summed E-state index contributed by atoms with van der Waals surface area (Å²) in [5.41, 5.74) is 7.67. The van der Waals surface area contributed by atoms with E-state index in [2.05, 4.69) is 10.0 Å². The summed E-state index contributed by atoms with van der Waals surface area (Å²) in [6, 6.07) is 10.9. The van der Waals surface area contributed by atoms with Gasteiger partial charge in [-0.25, -0.2) is 8.42 Å². The smallest absolute Gasteiger partial charge is 0.259 e. The summed E-state index contributed by atoms with van der Waals surface area (Å²) >= 11 is 0. The first kappa shape index (κ1) is 21.7. The maximum atomic E-state index is 13.0. The lowest BCUT2D eigenvalue weighted by Gasteiger charge is -2.34. The molecule has 0 saturated carbocycles. The van der Waals surface area contributed by atoms with E-state index in [4.69, 9.17) is 15.9 Å². The highest BCUT2D eigenvalue weighted by Gasteiger charge is 2.39. The zero-order valence-corrected chi connectivity index (χ0v) is 17.6. The van der Waals surface area contributed by atoms with Crippen molar-refractivity contribution >= 4 is 44.7 Å². The molecule has 11 nitrogen and oxygen atoms in total. The van der Waals surface area contributed by atoms with Crippen molar-refractivity contribution < 1.29 is 27.9 Å². The number of carbonyl (C=O) groups is 2. The van der Waals surface area contributed by atoms with E-state index in [0.29, 0.717) is 28.2 Å². The molecule has 2 aliphatic rings. The number of amidine groups is 1. The number of hydrogen-bond acceptors (Lipinski definition) is 7. The number of fused-ring (bicyclic) bond motifs is 1. The Bertz CT molecular complexity index is 1200. The van der Waals surface area contributed by atoms with E-state index in [1.54, 1.807) is 18.2 Å². The van der Waals surface area contributed by atoms with Gasteiger partial charge in [-0.2, -0.15) is 0 Å². The average Bonchev–Trinajstić information content (AvgIpc) is 3.06. The first-order valence-corrected chi connectivity index (χ1v) is 11.3. The Kier molecular flexibility index (Phi) is 5.59. The number of anilines is 3. The Labute approximate surface area is 183 Å². The highest BCUT2D eigenvalue weighted by atomic mass is 32.2. The standard InChI is InChI=1S/C20H21N5O6S/c21-18(22)11-1-3-13(4-2-11)23-19(27)16(26)17-20(28)25(7-8-31-17)14-5-6-15-12(9-14)10-32(29,30)24-15/h1-6,9,16-17,24,26H,7-8,10H2,(H3,21,22)(H,23,27)/t16-,17?/m1/s1. The number of sulfonamides is 1. The number of ether oxygens (including phenoxy) is 1. The molecule has 2 aromatic carbocycles. The fourth-order valence-electron chi connectivity index (χ4n) is 3.55. The summed E-state index contributed by atoms with van der Waals surface area (Å²) < 4.78 is 31.3. The zero-order chi connectivity index (χ0) is 23.0. The van der Waals surface area contributed by atoms with Crippen LogP contribution in [0.5, 0.6) is 0 Å². The van der Waals surface area contributed by atoms with Crippen molar-refractivity contribution in [2.75, 3.05) is 28.1 Å². The molecule has 1 unspecified atom stereocenters. The van der Waals surface area contributed by atoms with E-state index in [0.717, 1.165) is 0 Å². The van der Waals surface area contributed by atoms with Crippen molar-refractivity contribution in [3.05, 3.63) is 53.6 Å². The number of nitrogens with one attached hydrogen (secondary N) is 3. The predicted molar refractivity (Wildman–Crippen MR) is 117 cm³/mol. The summed E-state index contributed by atoms with van der Waals surface area (Å²) in [7, 11) is -3.43. The van der Waals surface area contributed by atoms with Crippen molar-refractivity contribution in [2.45, 2.75) is 18.0 Å². The molecule has 2 heterocycles. The molecule has 0 aromatic heterocycles. The minimum atomic E-state index is -3.43. The first-order valence-electron chi connectivity index (χ1n) is 9.64. The molecule has 6 N–H and O–H groups in total. The Morgan fingerprint density at radius 2 is 2.00 bits per heavy atom. The number of nitrogens with zero attached hydrogens (tertiary/aromatic N) is 1. The number of morpholine rings is 1. The number of aliphatic hydroxyl groups excluding tert-OH is 1. The molecule has 0 radical (unpaired) electrons. The van der Waals surface area contributed by atoms with Gasteiger partial charge in [-0.1, -0.05) is 0 Å². The van der Waals surface area contributed by atoms with Crippen LogP contribution < -0.4 is 20.7 Å². The van der Waals surface area contributed by atoms with Gasteiger partial charge >= 0.3 is 0 Å². The average molecular weight is 459 g/mol. The van der Waals surface area contributed by atoms with Crippen LogP contribution in [0.4, 0.5) is 17.1 Å². The van der Waals surface area contributed by atoms with Crippen LogP contribution >= 0.6 is 0 Å². The highest BCUT2D eigenvalue weighted by Crippen LogP contribution is 2.32. The van der Waals surface area contributed by atoms with E-state index in [-0.39, 0.29) is 24.7 Å². The Balaban J connectivity index is 1.47. The van der Waals surface area contributed by atoms with Crippen LogP contribution in [0.25, 0.3) is 0 Å².